The van der Waals surface area contributed by atoms with Gasteiger partial charge in [-0.3, -0.25) is 9.48 Å². The van der Waals surface area contributed by atoms with Crippen LogP contribution in [-0.2, 0) is 13.5 Å². The summed E-state index contributed by atoms with van der Waals surface area (Å²) in [7, 11) is 1.91. The van der Waals surface area contributed by atoms with Crippen molar-refractivity contribution in [2.75, 3.05) is 6.61 Å². The fraction of sp³-hybridized carbons (Fsp3) is 0.333. The fourth-order valence-corrected chi connectivity index (χ4v) is 1.93. The number of Topliss-reactive ketones (excluding diaryl/α,β-unsaturated/α-hetero) is 1. The highest BCUT2D eigenvalue weighted by atomic mass is 16.5. The van der Waals surface area contributed by atoms with Gasteiger partial charge >= 0.3 is 0 Å². The van der Waals surface area contributed by atoms with Crippen molar-refractivity contribution < 1.29 is 9.53 Å². The minimum absolute atomic E-state index is 0.108. The molecule has 4 nitrogen and oxygen atoms in total. The van der Waals surface area contributed by atoms with Gasteiger partial charge in [0.25, 0.3) is 0 Å². The van der Waals surface area contributed by atoms with Crippen LogP contribution in [0.25, 0.3) is 0 Å². The van der Waals surface area contributed by atoms with Crippen molar-refractivity contribution >= 4 is 5.78 Å². The van der Waals surface area contributed by atoms with E-state index in [2.05, 4.69) is 5.10 Å². The topological polar surface area (TPSA) is 44.1 Å². The summed E-state index contributed by atoms with van der Waals surface area (Å²) < 4.78 is 7.55. The van der Waals surface area contributed by atoms with E-state index in [1.54, 1.807) is 6.20 Å². The van der Waals surface area contributed by atoms with Crippen LogP contribution in [-0.4, -0.2) is 22.2 Å². The molecule has 1 heterocycles. The van der Waals surface area contributed by atoms with Crippen LogP contribution in [0.4, 0.5) is 0 Å². The smallest absolute Gasteiger partial charge is 0.166 e. The summed E-state index contributed by atoms with van der Waals surface area (Å²) in [5.41, 5.74) is 1.77. The normalized spacial score (nSPS) is 10.4. The van der Waals surface area contributed by atoms with E-state index in [1.807, 2.05) is 49.0 Å². The number of hydrogen-bond donors (Lipinski definition) is 0. The number of benzene rings is 1. The van der Waals surface area contributed by atoms with Gasteiger partial charge in [0.1, 0.15) is 5.75 Å². The van der Waals surface area contributed by atoms with E-state index in [1.165, 1.54) is 0 Å². The quantitative estimate of drug-likeness (QED) is 0.748. The Hall–Kier alpha value is -2.10. The van der Waals surface area contributed by atoms with Crippen LogP contribution in [0.2, 0.25) is 0 Å². The summed E-state index contributed by atoms with van der Waals surface area (Å²) in [4.78, 5) is 11.8. The second-order valence-corrected chi connectivity index (χ2v) is 4.32. The molecule has 0 amide bonds. The lowest BCUT2D eigenvalue weighted by Gasteiger charge is -2.10. The van der Waals surface area contributed by atoms with Crippen LogP contribution in [0.1, 0.15) is 29.4 Å². The Morgan fingerprint density at radius 1 is 1.32 bits per heavy atom. The monoisotopic (exact) mass is 258 g/mol. The maximum absolute atomic E-state index is 11.8. The molecule has 0 unspecified atom stereocenters. The molecule has 0 fully saturated rings. The highest BCUT2D eigenvalue weighted by Gasteiger charge is 2.10. The average molecular weight is 258 g/mol. The molecule has 0 saturated carbocycles. The predicted octanol–water partition coefficient (Wildman–Crippen LogP) is 2.63. The first-order chi connectivity index (χ1) is 9.22. The molecule has 0 spiro atoms. The number of carbonyl (C=O) groups excluding carboxylic acids is 1. The van der Waals surface area contributed by atoms with Gasteiger partial charge in [0, 0.05) is 31.8 Å². The number of aromatic nitrogens is 2. The lowest BCUT2D eigenvalue weighted by Crippen LogP contribution is -2.08. The third kappa shape index (κ3) is 3.22. The van der Waals surface area contributed by atoms with Gasteiger partial charge in [-0.25, -0.2) is 0 Å². The van der Waals surface area contributed by atoms with Crippen molar-refractivity contribution in [3.63, 3.8) is 0 Å². The van der Waals surface area contributed by atoms with Crippen LogP contribution in [0, 0.1) is 0 Å². The van der Waals surface area contributed by atoms with Gasteiger partial charge in [0.15, 0.2) is 5.78 Å². The average Bonchev–Trinajstić information content (AvgIpc) is 2.84. The number of aryl methyl sites for hydroxylation is 1. The van der Waals surface area contributed by atoms with E-state index in [9.17, 15) is 4.79 Å². The lowest BCUT2D eigenvalue weighted by molar-refractivity contribution is 0.0984. The van der Waals surface area contributed by atoms with Gasteiger partial charge in [0.2, 0.25) is 0 Å². The molecule has 1 aromatic carbocycles. The summed E-state index contributed by atoms with van der Waals surface area (Å²) in [5, 5.41) is 4.11. The van der Waals surface area contributed by atoms with E-state index >= 15 is 0 Å². The molecular weight excluding hydrogens is 240 g/mol. The standard InChI is InChI=1S/C15H18N2O2/c1-3-14(18)13-6-4-5-7-15(13)19-11-9-12-8-10-16-17(12)2/h4-8,10H,3,9,11H2,1-2H3. The van der Waals surface area contributed by atoms with Crippen molar-refractivity contribution in [3.8, 4) is 5.75 Å². The fourth-order valence-electron chi connectivity index (χ4n) is 1.93. The van der Waals surface area contributed by atoms with Crippen LogP contribution < -0.4 is 4.74 Å². The highest BCUT2D eigenvalue weighted by molar-refractivity contribution is 5.98. The molecule has 19 heavy (non-hydrogen) atoms. The van der Waals surface area contributed by atoms with Crippen molar-refractivity contribution in [1.29, 1.82) is 0 Å². The lowest BCUT2D eigenvalue weighted by atomic mass is 10.1. The molecule has 0 N–H and O–H groups in total. The first-order valence-corrected chi connectivity index (χ1v) is 6.44. The summed E-state index contributed by atoms with van der Waals surface area (Å²) in [5.74, 6) is 0.771. The molecule has 2 aromatic rings. The maximum atomic E-state index is 11.8. The third-order valence-corrected chi connectivity index (χ3v) is 3.05. The summed E-state index contributed by atoms with van der Waals surface area (Å²) >= 11 is 0. The number of ether oxygens (including phenoxy) is 1. The maximum Gasteiger partial charge on any atom is 0.166 e. The molecule has 4 heteroatoms. The number of nitrogens with zero attached hydrogens (tertiary/aromatic N) is 2. The van der Waals surface area contributed by atoms with E-state index < -0.39 is 0 Å². The Kier molecular flexibility index (Phi) is 4.34. The van der Waals surface area contributed by atoms with Crippen molar-refractivity contribution in [3.05, 3.63) is 47.8 Å². The molecule has 0 atom stereocenters. The van der Waals surface area contributed by atoms with Gasteiger partial charge in [-0.15, -0.1) is 0 Å². The van der Waals surface area contributed by atoms with Gasteiger partial charge in [-0.1, -0.05) is 19.1 Å². The molecule has 0 radical (unpaired) electrons. The summed E-state index contributed by atoms with van der Waals surface area (Å²) in [6, 6.07) is 9.35. The SMILES string of the molecule is CCC(=O)c1ccccc1OCCc1ccnn1C. The zero-order valence-electron chi connectivity index (χ0n) is 11.3. The number of para-hydroxylation sites is 1. The minimum Gasteiger partial charge on any atom is -0.492 e. The molecule has 1 aromatic heterocycles. The van der Waals surface area contributed by atoms with Crippen molar-refractivity contribution in [1.82, 2.24) is 9.78 Å². The van der Waals surface area contributed by atoms with E-state index in [0.29, 0.717) is 24.3 Å². The first-order valence-electron chi connectivity index (χ1n) is 6.44. The molecule has 0 aliphatic rings. The predicted molar refractivity (Wildman–Crippen MR) is 73.5 cm³/mol. The van der Waals surface area contributed by atoms with Crippen LogP contribution in [0.3, 0.4) is 0 Å². The van der Waals surface area contributed by atoms with E-state index in [-0.39, 0.29) is 5.78 Å². The molecule has 0 saturated heterocycles. The highest BCUT2D eigenvalue weighted by Crippen LogP contribution is 2.19. The first kappa shape index (κ1) is 13.3. The van der Waals surface area contributed by atoms with Crippen LogP contribution in [0.15, 0.2) is 36.5 Å². The zero-order chi connectivity index (χ0) is 13.7. The number of hydrogen-bond acceptors (Lipinski definition) is 3. The molecule has 0 bridgehead atoms. The second kappa shape index (κ2) is 6.18. The van der Waals surface area contributed by atoms with Gasteiger partial charge in [0.05, 0.1) is 12.2 Å². The Bertz CT molecular complexity index is 561. The summed E-state index contributed by atoms with van der Waals surface area (Å²) in [6.45, 7) is 2.39. The molecule has 100 valence electrons. The molecule has 2 rings (SSSR count). The van der Waals surface area contributed by atoms with Crippen molar-refractivity contribution in [2.45, 2.75) is 19.8 Å². The van der Waals surface area contributed by atoms with Crippen LogP contribution >= 0.6 is 0 Å². The largest absolute Gasteiger partial charge is 0.492 e. The Labute approximate surface area is 113 Å². The molecule has 0 aliphatic heterocycles. The number of carbonyl (C=O) groups is 1. The van der Waals surface area contributed by atoms with Crippen molar-refractivity contribution in [2.24, 2.45) is 7.05 Å². The van der Waals surface area contributed by atoms with E-state index in [4.69, 9.17) is 4.74 Å². The van der Waals surface area contributed by atoms with Gasteiger partial charge in [-0.05, 0) is 18.2 Å². The molecular formula is C15H18N2O2. The zero-order valence-corrected chi connectivity index (χ0v) is 11.3. The van der Waals surface area contributed by atoms with Gasteiger partial charge in [-0.2, -0.15) is 5.10 Å². The number of ketones is 1. The Morgan fingerprint density at radius 2 is 2.11 bits per heavy atom. The summed E-state index contributed by atoms with van der Waals surface area (Å²) in [6.07, 6.45) is 3.02. The number of rotatable bonds is 6. The van der Waals surface area contributed by atoms with Gasteiger partial charge < -0.3 is 4.74 Å². The van der Waals surface area contributed by atoms with Crippen LogP contribution in [0.5, 0.6) is 5.75 Å². The van der Waals surface area contributed by atoms with E-state index in [0.717, 1.165) is 12.1 Å². The Morgan fingerprint density at radius 3 is 2.79 bits per heavy atom. The second-order valence-electron chi connectivity index (χ2n) is 4.32. The molecule has 0 aliphatic carbocycles. The Balaban J connectivity index is 2.00. The third-order valence-electron chi connectivity index (χ3n) is 3.05. The minimum atomic E-state index is 0.108.